The fourth-order valence-corrected chi connectivity index (χ4v) is 2.21. The van der Waals surface area contributed by atoms with E-state index >= 15 is 0 Å². The van der Waals surface area contributed by atoms with Gasteiger partial charge >= 0.3 is 0 Å². The molecule has 1 fully saturated rings. The van der Waals surface area contributed by atoms with Crippen molar-refractivity contribution in [2.24, 2.45) is 11.8 Å². The summed E-state index contributed by atoms with van der Waals surface area (Å²) in [6, 6.07) is 0. The molecule has 0 unspecified atom stereocenters. The average molecular weight is 183 g/mol. The zero-order chi connectivity index (χ0) is 9.52. The molecule has 0 amide bonds. The minimum absolute atomic E-state index is 0.798. The van der Waals surface area contributed by atoms with Crippen LogP contribution in [0, 0.1) is 11.8 Å². The zero-order valence-corrected chi connectivity index (χ0v) is 9.31. The van der Waals surface area contributed by atoms with Gasteiger partial charge in [-0.05, 0) is 37.8 Å². The minimum atomic E-state index is 0.798. The first kappa shape index (κ1) is 11.0. The van der Waals surface area contributed by atoms with Crippen molar-refractivity contribution in [1.82, 2.24) is 5.32 Å². The van der Waals surface area contributed by atoms with Crippen molar-refractivity contribution in [2.75, 3.05) is 13.1 Å². The Hall–Kier alpha value is -0.0400. The van der Waals surface area contributed by atoms with E-state index in [0.29, 0.717) is 0 Å². The molecule has 0 saturated heterocycles. The average Bonchev–Trinajstić information content (AvgIpc) is 2.55. The van der Waals surface area contributed by atoms with Gasteiger partial charge in [0, 0.05) is 0 Å². The van der Waals surface area contributed by atoms with Gasteiger partial charge in [-0.3, -0.25) is 0 Å². The number of rotatable bonds is 6. The van der Waals surface area contributed by atoms with Crippen LogP contribution in [-0.2, 0) is 0 Å². The molecule has 0 heterocycles. The van der Waals surface area contributed by atoms with E-state index in [1.54, 1.807) is 0 Å². The molecular weight excluding hydrogens is 158 g/mol. The summed E-state index contributed by atoms with van der Waals surface area (Å²) in [7, 11) is 0. The first-order chi connectivity index (χ1) is 6.29. The smallest absolute Gasteiger partial charge is 0.00258 e. The van der Waals surface area contributed by atoms with Crippen LogP contribution < -0.4 is 5.32 Å². The molecule has 1 rings (SSSR count). The molecule has 13 heavy (non-hydrogen) atoms. The Kier molecular flexibility index (Phi) is 5.45. The van der Waals surface area contributed by atoms with Gasteiger partial charge in [-0.25, -0.2) is 0 Å². The topological polar surface area (TPSA) is 12.0 Å². The van der Waals surface area contributed by atoms with E-state index in [2.05, 4.69) is 19.2 Å². The highest BCUT2D eigenvalue weighted by Crippen LogP contribution is 2.28. The Labute approximate surface area is 83.3 Å². The molecule has 1 aliphatic rings. The molecule has 0 aromatic rings. The molecule has 0 bridgehead atoms. The van der Waals surface area contributed by atoms with E-state index in [9.17, 15) is 0 Å². The zero-order valence-electron chi connectivity index (χ0n) is 9.31. The van der Waals surface area contributed by atoms with Crippen molar-refractivity contribution in [2.45, 2.75) is 52.4 Å². The summed E-state index contributed by atoms with van der Waals surface area (Å²) in [5.41, 5.74) is 0. The monoisotopic (exact) mass is 183 g/mol. The Morgan fingerprint density at radius 2 is 1.92 bits per heavy atom. The summed E-state index contributed by atoms with van der Waals surface area (Å²) in [5.74, 6) is 1.87. The maximum Gasteiger partial charge on any atom is -0.00258 e. The van der Waals surface area contributed by atoms with Crippen LogP contribution in [0.5, 0.6) is 0 Å². The highest BCUT2D eigenvalue weighted by atomic mass is 14.8. The maximum atomic E-state index is 3.51. The minimum Gasteiger partial charge on any atom is -0.316 e. The van der Waals surface area contributed by atoms with Gasteiger partial charge in [0.15, 0.2) is 0 Å². The van der Waals surface area contributed by atoms with Crippen LogP contribution >= 0.6 is 0 Å². The van der Waals surface area contributed by atoms with Gasteiger partial charge in [0.05, 0.1) is 0 Å². The van der Waals surface area contributed by atoms with Crippen LogP contribution in [0.15, 0.2) is 0 Å². The van der Waals surface area contributed by atoms with Crippen LogP contribution in [-0.4, -0.2) is 13.1 Å². The summed E-state index contributed by atoms with van der Waals surface area (Å²) in [6.07, 6.45) is 8.84. The van der Waals surface area contributed by atoms with Gasteiger partial charge in [-0.2, -0.15) is 0 Å². The number of hydrogen-bond acceptors (Lipinski definition) is 1. The molecule has 78 valence electrons. The van der Waals surface area contributed by atoms with Gasteiger partial charge in [-0.1, -0.05) is 39.5 Å². The van der Waals surface area contributed by atoms with Gasteiger partial charge in [-0.15, -0.1) is 0 Å². The molecule has 1 saturated carbocycles. The van der Waals surface area contributed by atoms with E-state index in [1.807, 2.05) is 0 Å². The lowest BCUT2D eigenvalue weighted by Crippen LogP contribution is -2.21. The lowest BCUT2D eigenvalue weighted by atomic mass is 10.0. The quantitative estimate of drug-likeness (QED) is 0.624. The van der Waals surface area contributed by atoms with E-state index in [1.165, 1.54) is 51.6 Å². The standard InChI is InChI=1S/C12H25N/c1-11(2)10-13-9-5-8-12-6-3-4-7-12/h11-13H,3-10H2,1-2H3. The summed E-state index contributed by atoms with van der Waals surface area (Å²) in [5, 5.41) is 3.51. The first-order valence-corrected chi connectivity index (χ1v) is 5.99. The second-order valence-corrected chi connectivity index (χ2v) is 4.89. The molecular formula is C12H25N. The number of nitrogens with one attached hydrogen (secondary N) is 1. The molecule has 0 aromatic carbocycles. The van der Waals surface area contributed by atoms with Crippen LogP contribution in [0.25, 0.3) is 0 Å². The third-order valence-electron chi connectivity index (χ3n) is 2.99. The second kappa shape index (κ2) is 6.42. The Morgan fingerprint density at radius 3 is 2.54 bits per heavy atom. The summed E-state index contributed by atoms with van der Waals surface area (Å²) < 4.78 is 0. The SMILES string of the molecule is CC(C)CNCCCC1CCCC1. The van der Waals surface area contributed by atoms with Crippen molar-refractivity contribution in [1.29, 1.82) is 0 Å². The van der Waals surface area contributed by atoms with Crippen LogP contribution in [0.2, 0.25) is 0 Å². The lowest BCUT2D eigenvalue weighted by Gasteiger charge is -2.10. The van der Waals surface area contributed by atoms with Gasteiger partial charge in [0.25, 0.3) is 0 Å². The Balaban J connectivity index is 1.83. The fourth-order valence-electron chi connectivity index (χ4n) is 2.21. The van der Waals surface area contributed by atoms with Crippen LogP contribution in [0.3, 0.4) is 0 Å². The fraction of sp³-hybridized carbons (Fsp3) is 1.00. The molecule has 0 radical (unpaired) electrons. The van der Waals surface area contributed by atoms with Gasteiger partial charge in [0.2, 0.25) is 0 Å². The van der Waals surface area contributed by atoms with Gasteiger partial charge < -0.3 is 5.32 Å². The third kappa shape index (κ3) is 5.30. The maximum absolute atomic E-state index is 3.51. The Morgan fingerprint density at radius 1 is 1.23 bits per heavy atom. The van der Waals surface area contributed by atoms with Crippen molar-refractivity contribution in [3.8, 4) is 0 Å². The highest BCUT2D eigenvalue weighted by molar-refractivity contribution is 4.67. The third-order valence-corrected chi connectivity index (χ3v) is 2.99. The summed E-state index contributed by atoms with van der Waals surface area (Å²) in [4.78, 5) is 0. The van der Waals surface area contributed by atoms with Crippen molar-refractivity contribution in [3.63, 3.8) is 0 Å². The van der Waals surface area contributed by atoms with E-state index in [4.69, 9.17) is 0 Å². The van der Waals surface area contributed by atoms with Gasteiger partial charge in [0.1, 0.15) is 0 Å². The van der Waals surface area contributed by atoms with Crippen molar-refractivity contribution < 1.29 is 0 Å². The first-order valence-electron chi connectivity index (χ1n) is 5.99. The predicted octanol–water partition coefficient (Wildman–Crippen LogP) is 3.20. The normalized spacial score (nSPS) is 18.7. The van der Waals surface area contributed by atoms with E-state index in [0.717, 1.165) is 11.8 Å². The molecule has 0 spiro atoms. The van der Waals surface area contributed by atoms with Crippen molar-refractivity contribution in [3.05, 3.63) is 0 Å². The second-order valence-electron chi connectivity index (χ2n) is 4.89. The molecule has 0 atom stereocenters. The van der Waals surface area contributed by atoms with Crippen LogP contribution in [0.4, 0.5) is 0 Å². The molecule has 0 aromatic heterocycles. The summed E-state index contributed by atoms with van der Waals surface area (Å²) in [6.45, 7) is 6.95. The van der Waals surface area contributed by atoms with E-state index < -0.39 is 0 Å². The highest BCUT2D eigenvalue weighted by Gasteiger charge is 2.13. The molecule has 0 aliphatic heterocycles. The lowest BCUT2D eigenvalue weighted by molar-refractivity contribution is 0.459. The van der Waals surface area contributed by atoms with Crippen LogP contribution in [0.1, 0.15) is 52.4 Å². The Bertz CT molecular complexity index is 114. The van der Waals surface area contributed by atoms with E-state index in [-0.39, 0.29) is 0 Å². The largest absolute Gasteiger partial charge is 0.316 e. The van der Waals surface area contributed by atoms with Crippen molar-refractivity contribution >= 4 is 0 Å². The summed E-state index contributed by atoms with van der Waals surface area (Å²) >= 11 is 0. The predicted molar refractivity (Wildman–Crippen MR) is 58.9 cm³/mol. The molecule has 1 nitrogen and oxygen atoms in total. The molecule has 1 N–H and O–H groups in total. The molecule has 1 aliphatic carbocycles. The number of hydrogen-bond donors (Lipinski definition) is 1. The molecule has 1 heteroatoms.